The van der Waals surface area contributed by atoms with E-state index in [1.54, 1.807) is 0 Å². The zero-order chi connectivity index (χ0) is 15.3. The molecule has 1 rings (SSSR count). The number of non-ortho nitro benzene ring substituents is 1. The minimum Gasteiger partial charge on any atom is -0.493 e. The summed E-state index contributed by atoms with van der Waals surface area (Å²) >= 11 is 1.44. The monoisotopic (exact) mass is 299 g/mol. The van der Waals surface area contributed by atoms with Crippen LogP contribution in [0.3, 0.4) is 0 Å². The van der Waals surface area contributed by atoms with Gasteiger partial charge in [0.2, 0.25) is 0 Å². The number of benzene rings is 1. The maximum absolute atomic E-state index is 11.7. The number of nitro groups is 1. The van der Waals surface area contributed by atoms with Gasteiger partial charge in [-0.15, -0.1) is 11.8 Å². The van der Waals surface area contributed by atoms with Gasteiger partial charge < -0.3 is 9.47 Å². The summed E-state index contributed by atoms with van der Waals surface area (Å²) in [4.78, 5) is 21.9. The van der Waals surface area contributed by atoms with Gasteiger partial charge in [0.25, 0.3) is 5.69 Å². The fourth-order valence-electron chi connectivity index (χ4n) is 1.29. The summed E-state index contributed by atoms with van der Waals surface area (Å²) in [6.45, 7) is 5.96. The molecule has 0 aliphatic heterocycles. The Hall–Kier alpha value is -1.76. The van der Waals surface area contributed by atoms with Gasteiger partial charge in [-0.05, 0) is 6.07 Å². The van der Waals surface area contributed by atoms with E-state index < -0.39 is 10.9 Å². The lowest BCUT2D eigenvalue weighted by molar-refractivity contribution is -0.384. The molecule has 7 heteroatoms. The van der Waals surface area contributed by atoms with Gasteiger partial charge in [-0.2, -0.15) is 0 Å². The van der Waals surface area contributed by atoms with Crippen molar-refractivity contribution in [2.24, 2.45) is 0 Å². The third-order valence-electron chi connectivity index (χ3n) is 2.20. The number of methoxy groups -OCH3 is 1. The summed E-state index contributed by atoms with van der Waals surface area (Å²) in [5.41, 5.74) is -0.155. The molecule has 0 saturated heterocycles. The lowest BCUT2D eigenvalue weighted by Gasteiger charge is -2.16. The molecule has 0 bridgehead atoms. The van der Waals surface area contributed by atoms with E-state index in [1.165, 1.54) is 37.1 Å². The molecule has 20 heavy (non-hydrogen) atoms. The van der Waals surface area contributed by atoms with E-state index in [2.05, 4.69) is 0 Å². The van der Waals surface area contributed by atoms with Gasteiger partial charge in [0.1, 0.15) is 0 Å². The number of ether oxygens (including phenoxy) is 2. The molecule has 0 N–H and O–H groups in total. The molecule has 0 amide bonds. The van der Waals surface area contributed by atoms with Gasteiger partial charge in [-0.3, -0.25) is 14.9 Å². The molecule has 0 atom stereocenters. The second kappa shape index (κ2) is 6.60. The smallest absolute Gasteiger partial charge is 0.321 e. The van der Waals surface area contributed by atoms with Crippen molar-refractivity contribution in [2.45, 2.75) is 25.5 Å². The van der Waals surface area contributed by atoms with E-state index in [-0.39, 0.29) is 27.7 Å². The summed E-state index contributed by atoms with van der Waals surface area (Å²) in [5.74, 6) is 0.0321. The van der Waals surface area contributed by atoms with Gasteiger partial charge in [-0.25, -0.2) is 0 Å². The summed E-state index contributed by atoms with van der Waals surface area (Å²) < 4.78 is 10.1. The van der Waals surface area contributed by atoms with Crippen molar-refractivity contribution >= 4 is 23.4 Å². The van der Waals surface area contributed by atoms with Crippen LogP contribution in [0.2, 0.25) is 0 Å². The lowest BCUT2D eigenvalue weighted by atomic mass is 10.3. The van der Waals surface area contributed by atoms with Crippen molar-refractivity contribution in [3.05, 3.63) is 28.3 Å². The number of nitro benzene ring substituents is 1. The molecule has 0 saturated carbocycles. The van der Waals surface area contributed by atoms with Crippen LogP contribution in [0.15, 0.2) is 18.2 Å². The number of carbonyl (C=O) groups is 1. The summed E-state index contributed by atoms with van der Waals surface area (Å²) in [6.07, 6.45) is 0. The van der Waals surface area contributed by atoms with Gasteiger partial charge in [0.15, 0.2) is 11.5 Å². The van der Waals surface area contributed by atoms with E-state index >= 15 is 0 Å². The second-order valence-electron chi connectivity index (χ2n) is 4.97. The van der Waals surface area contributed by atoms with E-state index in [9.17, 15) is 14.9 Å². The summed E-state index contributed by atoms with van der Waals surface area (Å²) in [6, 6.07) is 3.87. The number of hydrogen-bond acceptors (Lipinski definition) is 6. The van der Waals surface area contributed by atoms with Crippen LogP contribution in [-0.4, -0.2) is 28.5 Å². The predicted molar refractivity (Wildman–Crippen MR) is 77.5 cm³/mol. The number of esters is 1. The zero-order valence-corrected chi connectivity index (χ0v) is 12.7. The Morgan fingerprint density at radius 1 is 1.35 bits per heavy atom. The Bertz CT molecular complexity index is 510. The van der Waals surface area contributed by atoms with E-state index in [4.69, 9.17) is 9.47 Å². The minimum atomic E-state index is -0.555. The minimum absolute atomic E-state index is 0.0567. The number of carbonyl (C=O) groups excluding carboxylic acids is 1. The van der Waals surface area contributed by atoms with Crippen molar-refractivity contribution in [3.8, 4) is 11.5 Å². The normalized spacial score (nSPS) is 11.0. The molecular formula is C13H17NO5S. The molecule has 0 spiro atoms. The SMILES string of the molecule is COc1ccc([N+](=O)[O-])cc1OC(=O)CSC(C)(C)C. The molecular weight excluding hydrogens is 282 g/mol. The Kier molecular flexibility index (Phi) is 5.38. The number of thioether (sulfide) groups is 1. The van der Waals surface area contributed by atoms with Gasteiger partial charge >= 0.3 is 5.97 Å². The van der Waals surface area contributed by atoms with Gasteiger partial charge in [-0.1, -0.05) is 20.8 Å². The second-order valence-corrected chi connectivity index (χ2v) is 6.77. The summed E-state index contributed by atoms with van der Waals surface area (Å²) in [7, 11) is 1.41. The van der Waals surface area contributed by atoms with E-state index in [0.29, 0.717) is 0 Å². The van der Waals surface area contributed by atoms with Crippen LogP contribution in [0.25, 0.3) is 0 Å². The highest BCUT2D eigenvalue weighted by Gasteiger charge is 2.18. The number of hydrogen-bond donors (Lipinski definition) is 0. The predicted octanol–water partition coefficient (Wildman–Crippen LogP) is 3.04. The quantitative estimate of drug-likeness (QED) is 0.360. The fourth-order valence-corrected chi connectivity index (χ4v) is 1.90. The first-order valence-corrected chi connectivity index (χ1v) is 6.88. The van der Waals surface area contributed by atoms with Crippen LogP contribution in [-0.2, 0) is 4.79 Å². The Labute approximate surface area is 121 Å². The summed E-state index contributed by atoms with van der Waals surface area (Å²) in [5, 5.41) is 10.7. The molecule has 0 aliphatic carbocycles. The van der Waals surface area contributed by atoms with Crippen molar-refractivity contribution in [2.75, 3.05) is 12.9 Å². The standard InChI is InChI=1S/C13H17NO5S/c1-13(2,3)20-8-12(15)19-11-7-9(14(16)17)5-6-10(11)18-4/h5-7H,8H2,1-4H3. The van der Waals surface area contributed by atoms with Crippen LogP contribution in [0.5, 0.6) is 11.5 Å². The third-order valence-corrected chi connectivity index (χ3v) is 3.45. The molecule has 1 aromatic carbocycles. The van der Waals surface area contributed by atoms with Crippen LogP contribution in [0, 0.1) is 10.1 Å². The number of nitrogens with zero attached hydrogens (tertiary/aromatic N) is 1. The molecule has 0 aromatic heterocycles. The Morgan fingerprint density at radius 2 is 2.00 bits per heavy atom. The average Bonchev–Trinajstić information content (AvgIpc) is 2.35. The third kappa shape index (κ3) is 5.08. The molecule has 0 fully saturated rings. The topological polar surface area (TPSA) is 78.7 Å². The molecule has 1 aromatic rings. The first-order valence-electron chi connectivity index (χ1n) is 5.90. The van der Waals surface area contributed by atoms with Crippen molar-refractivity contribution in [3.63, 3.8) is 0 Å². The molecule has 6 nitrogen and oxygen atoms in total. The van der Waals surface area contributed by atoms with Crippen molar-refractivity contribution in [1.29, 1.82) is 0 Å². The number of rotatable bonds is 5. The van der Waals surface area contributed by atoms with Crippen LogP contribution in [0.4, 0.5) is 5.69 Å². The Balaban J connectivity index is 2.82. The Morgan fingerprint density at radius 3 is 2.50 bits per heavy atom. The van der Waals surface area contributed by atoms with E-state index in [0.717, 1.165) is 0 Å². The highest BCUT2D eigenvalue weighted by molar-refractivity contribution is 8.01. The molecule has 0 unspecified atom stereocenters. The fraction of sp³-hybridized carbons (Fsp3) is 0.462. The van der Waals surface area contributed by atoms with Crippen LogP contribution < -0.4 is 9.47 Å². The van der Waals surface area contributed by atoms with Crippen molar-refractivity contribution in [1.82, 2.24) is 0 Å². The van der Waals surface area contributed by atoms with Crippen LogP contribution in [0.1, 0.15) is 20.8 Å². The average molecular weight is 299 g/mol. The highest BCUT2D eigenvalue weighted by Crippen LogP contribution is 2.32. The molecule has 110 valence electrons. The lowest BCUT2D eigenvalue weighted by Crippen LogP contribution is -2.17. The first kappa shape index (κ1) is 16.3. The van der Waals surface area contributed by atoms with E-state index in [1.807, 2.05) is 20.8 Å². The van der Waals surface area contributed by atoms with Crippen molar-refractivity contribution < 1.29 is 19.2 Å². The molecule has 0 radical (unpaired) electrons. The van der Waals surface area contributed by atoms with Gasteiger partial charge in [0, 0.05) is 10.8 Å². The van der Waals surface area contributed by atoms with Gasteiger partial charge in [0.05, 0.1) is 23.9 Å². The largest absolute Gasteiger partial charge is 0.493 e. The molecule has 0 heterocycles. The highest BCUT2D eigenvalue weighted by atomic mass is 32.2. The van der Waals surface area contributed by atoms with Crippen LogP contribution >= 0.6 is 11.8 Å². The first-order chi connectivity index (χ1) is 9.23. The zero-order valence-electron chi connectivity index (χ0n) is 11.8. The maximum Gasteiger partial charge on any atom is 0.321 e. The molecule has 0 aliphatic rings. The maximum atomic E-state index is 11.7.